The van der Waals surface area contributed by atoms with Gasteiger partial charge in [0.15, 0.2) is 0 Å². The quantitative estimate of drug-likeness (QED) is 0.558. The first kappa shape index (κ1) is 14.1. The molecule has 1 unspecified atom stereocenters. The van der Waals surface area contributed by atoms with Crippen molar-refractivity contribution in [1.29, 1.82) is 0 Å². The summed E-state index contributed by atoms with van der Waals surface area (Å²) in [6.45, 7) is 2.20. The van der Waals surface area contributed by atoms with Crippen molar-refractivity contribution in [2.24, 2.45) is 0 Å². The summed E-state index contributed by atoms with van der Waals surface area (Å²) < 4.78 is 15.6. The van der Waals surface area contributed by atoms with Crippen LogP contribution in [0, 0.1) is 0 Å². The fourth-order valence-electron chi connectivity index (χ4n) is 1.80. The highest BCUT2D eigenvalue weighted by molar-refractivity contribution is 7.32. The van der Waals surface area contributed by atoms with E-state index in [4.69, 9.17) is 9.42 Å². The van der Waals surface area contributed by atoms with Gasteiger partial charge in [0.05, 0.1) is 0 Å². The van der Waals surface area contributed by atoms with Crippen molar-refractivity contribution in [3.05, 3.63) is 29.8 Å². The van der Waals surface area contributed by atoms with E-state index in [1.54, 1.807) is 6.07 Å². The predicted molar refractivity (Wildman–Crippen MR) is 69.4 cm³/mol. The summed E-state index contributed by atoms with van der Waals surface area (Å²) in [4.78, 5) is 8.76. The van der Waals surface area contributed by atoms with Crippen LogP contribution in [-0.4, -0.2) is 4.89 Å². The lowest BCUT2D eigenvalue weighted by Gasteiger charge is -2.07. The van der Waals surface area contributed by atoms with E-state index in [1.165, 1.54) is 25.7 Å². The van der Waals surface area contributed by atoms with E-state index < -0.39 is 8.25 Å². The van der Waals surface area contributed by atoms with Crippen LogP contribution in [0.25, 0.3) is 0 Å². The molecule has 95 valence electrons. The van der Waals surface area contributed by atoms with Gasteiger partial charge in [-0.25, -0.2) is 4.57 Å². The summed E-state index contributed by atoms with van der Waals surface area (Å²) in [6.07, 6.45) is 6.98. The number of rotatable bonds is 8. The van der Waals surface area contributed by atoms with E-state index in [2.05, 4.69) is 6.92 Å². The Morgan fingerprint density at radius 1 is 1.18 bits per heavy atom. The van der Waals surface area contributed by atoms with Crippen LogP contribution in [0.3, 0.4) is 0 Å². The average molecular weight is 255 g/mol. The van der Waals surface area contributed by atoms with Gasteiger partial charge in [-0.1, -0.05) is 50.8 Å². The predicted octanol–water partition coefficient (Wildman–Crippen LogP) is 4.23. The van der Waals surface area contributed by atoms with Gasteiger partial charge in [0, 0.05) is 0 Å². The van der Waals surface area contributed by atoms with Crippen molar-refractivity contribution in [3.63, 3.8) is 0 Å². The molecule has 1 N–H and O–H groups in total. The molecule has 3 nitrogen and oxygen atoms in total. The van der Waals surface area contributed by atoms with Crippen molar-refractivity contribution in [3.8, 4) is 5.75 Å². The molecule has 0 aliphatic carbocycles. The van der Waals surface area contributed by atoms with Gasteiger partial charge < -0.3 is 4.52 Å². The molecule has 1 aromatic carbocycles. The molecule has 0 bridgehead atoms. The summed E-state index contributed by atoms with van der Waals surface area (Å²) in [5.41, 5.74) is 1.02. The second kappa shape index (κ2) is 8.21. The molecule has 0 aromatic heterocycles. The van der Waals surface area contributed by atoms with Crippen LogP contribution < -0.4 is 4.52 Å². The molecule has 0 saturated heterocycles. The summed E-state index contributed by atoms with van der Waals surface area (Å²) in [5, 5.41) is 0. The standard InChI is InChI=1S/C13H20O3P/c1-2-3-4-5-6-9-12-10-7-8-11-13(12)16-17(14)15/h7-8,10-11H,2-6,9H2,1H3,(H,14,15). The van der Waals surface area contributed by atoms with Crippen LogP contribution in [0.5, 0.6) is 5.75 Å². The van der Waals surface area contributed by atoms with E-state index in [9.17, 15) is 4.57 Å². The molecule has 1 atom stereocenters. The van der Waals surface area contributed by atoms with Crippen LogP contribution in [0.2, 0.25) is 0 Å². The van der Waals surface area contributed by atoms with Gasteiger partial charge in [0.1, 0.15) is 5.75 Å². The molecule has 0 heterocycles. The van der Waals surface area contributed by atoms with Crippen molar-refractivity contribution < 1.29 is 14.0 Å². The minimum atomic E-state index is -2.57. The SMILES string of the molecule is CCCCCCCc1ccccc1O[P](=O)O. The van der Waals surface area contributed by atoms with E-state index in [1.807, 2.05) is 18.2 Å². The normalized spacial score (nSPS) is 11.3. The lowest BCUT2D eigenvalue weighted by Crippen LogP contribution is -1.91. The van der Waals surface area contributed by atoms with E-state index in [0.29, 0.717) is 5.75 Å². The van der Waals surface area contributed by atoms with Crippen molar-refractivity contribution in [2.75, 3.05) is 0 Å². The minimum absolute atomic E-state index is 0.534. The summed E-state index contributed by atoms with van der Waals surface area (Å²) >= 11 is 0. The fraction of sp³-hybridized carbons (Fsp3) is 0.538. The third-order valence-electron chi connectivity index (χ3n) is 2.70. The number of hydrogen-bond acceptors (Lipinski definition) is 2. The van der Waals surface area contributed by atoms with Crippen LogP contribution >= 0.6 is 8.25 Å². The second-order valence-electron chi connectivity index (χ2n) is 4.10. The van der Waals surface area contributed by atoms with Gasteiger partial charge in [-0.05, 0) is 24.5 Å². The molecule has 0 amide bonds. The Morgan fingerprint density at radius 3 is 2.59 bits per heavy atom. The molecule has 1 radical (unpaired) electrons. The van der Waals surface area contributed by atoms with E-state index in [-0.39, 0.29) is 0 Å². The highest BCUT2D eigenvalue weighted by atomic mass is 31.1. The third kappa shape index (κ3) is 5.81. The Bertz CT molecular complexity index is 352. The maximum Gasteiger partial charge on any atom is 0.426 e. The fourth-order valence-corrected chi connectivity index (χ4v) is 2.15. The molecular formula is C13H20O3P. The van der Waals surface area contributed by atoms with Gasteiger partial charge in [-0.3, -0.25) is 4.89 Å². The monoisotopic (exact) mass is 255 g/mol. The first-order valence-electron chi connectivity index (χ1n) is 6.16. The number of benzene rings is 1. The lowest BCUT2D eigenvalue weighted by atomic mass is 10.0. The van der Waals surface area contributed by atoms with Crippen LogP contribution in [0.15, 0.2) is 24.3 Å². The molecule has 1 rings (SSSR count). The topological polar surface area (TPSA) is 46.5 Å². The smallest absolute Gasteiger partial charge is 0.397 e. The molecule has 0 fully saturated rings. The zero-order chi connectivity index (χ0) is 12.5. The number of para-hydroxylation sites is 1. The number of hydrogen-bond donors (Lipinski definition) is 1. The second-order valence-corrected chi connectivity index (χ2v) is 4.76. The molecule has 0 aliphatic heterocycles. The molecule has 1 aromatic rings. The van der Waals surface area contributed by atoms with Crippen LogP contribution in [0.4, 0.5) is 0 Å². The van der Waals surface area contributed by atoms with Gasteiger partial charge in [0.2, 0.25) is 0 Å². The van der Waals surface area contributed by atoms with Crippen molar-refractivity contribution in [1.82, 2.24) is 0 Å². The molecule has 0 saturated carbocycles. The van der Waals surface area contributed by atoms with Gasteiger partial charge in [-0.2, -0.15) is 0 Å². The third-order valence-corrected chi connectivity index (χ3v) is 3.05. The Kier molecular flexibility index (Phi) is 6.83. The van der Waals surface area contributed by atoms with Gasteiger partial charge >= 0.3 is 8.25 Å². The first-order valence-corrected chi connectivity index (χ1v) is 7.29. The molecule has 0 spiro atoms. The molecule has 17 heavy (non-hydrogen) atoms. The van der Waals surface area contributed by atoms with E-state index in [0.717, 1.165) is 18.4 Å². The van der Waals surface area contributed by atoms with Crippen LogP contribution in [0.1, 0.15) is 44.6 Å². The molecule has 0 aliphatic rings. The Hall–Kier alpha value is -0.920. The highest BCUT2D eigenvalue weighted by Gasteiger charge is 2.05. The van der Waals surface area contributed by atoms with Crippen molar-refractivity contribution >= 4 is 8.25 Å². The zero-order valence-electron chi connectivity index (χ0n) is 10.3. The summed E-state index contributed by atoms with van der Waals surface area (Å²) in [6, 6.07) is 7.44. The number of aryl methyl sites for hydroxylation is 1. The van der Waals surface area contributed by atoms with Gasteiger partial charge in [0.25, 0.3) is 0 Å². The minimum Gasteiger partial charge on any atom is -0.397 e. The molecule has 4 heteroatoms. The Balaban J connectivity index is 2.43. The maximum absolute atomic E-state index is 10.7. The van der Waals surface area contributed by atoms with E-state index >= 15 is 0 Å². The average Bonchev–Trinajstić information content (AvgIpc) is 2.30. The summed E-state index contributed by atoms with van der Waals surface area (Å²) in [5.74, 6) is 0.534. The van der Waals surface area contributed by atoms with Gasteiger partial charge in [-0.15, -0.1) is 0 Å². The first-order chi connectivity index (χ1) is 8.24. The largest absolute Gasteiger partial charge is 0.426 e. The lowest BCUT2D eigenvalue weighted by molar-refractivity contribution is 0.408. The zero-order valence-corrected chi connectivity index (χ0v) is 11.2. The molecular weight excluding hydrogens is 235 g/mol. The van der Waals surface area contributed by atoms with Crippen LogP contribution in [-0.2, 0) is 11.0 Å². The van der Waals surface area contributed by atoms with Crippen molar-refractivity contribution in [2.45, 2.75) is 45.4 Å². The summed E-state index contributed by atoms with van der Waals surface area (Å²) in [7, 11) is -2.57. The highest BCUT2D eigenvalue weighted by Crippen LogP contribution is 2.27. The Morgan fingerprint density at radius 2 is 1.88 bits per heavy atom. The number of unbranched alkanes of at least 4 members (excludes halogenated alkanes) is 4. The maximum atomic E-state index is 10.7. The Labute approximate surface area is 104 Å².